The van der Waals surface area contributed by atoms with E-state index in [-0.39, 0.29) is 11.9 Å². The molecule has 3 heterocycles. The molecule has 2 aromatic heterocycles. The minimum atomic E-state index is -0.00638. The van der Waals surface area contributed by atoms with Gasteiger partial charge in [-0.15, -0.1) is 22.7 Å². The van der Waals surface area contributed by atoms with Crippen molar-refractivity contribution in [3.63, 3.8) is 0 Å². The van der Waals surface area contributed by atoms with E-state index in [2.05, 4.69) is 27.4 Å². The van der Waals surface area contributed by atoms with E-state index < -0.39 is 0 Å². The van der Waals surface area contributed by atoms with Gasteiger partial charge >= 0.3 is 0 Å². The SMILES string of the molecule is O=C(NC1CC=CCC1)c1nc2c(s1)C1=C(CCC2)CCN(c2nccs2)C1. The van der Waals surface area contributed by atoms with Crippen molar-refractivity contribution in [3.05, 3.63) is 44.9 Å². The van der Waals surface area contributed by atoms with Gasteiger partial charge in [0.2, 0.25) is 0 Å². The van der Waals surface area contributed by atoms with Crippen LogP contribution in [0.4, 0.5) is 5.13 Å². The molecule has 0 saturated heterocycles. The first-order chi connectivity index (χ1) is 13.8. The molecule has 0 radical (unpaired) electrons. The topological polar surface area (TPSA) is 58.1 Å². The zero-order chi connectivity index (χ0) is 18.9. The lowest BCUT2D eigenvalue weighted by Gasteiger charge is -2.30. The number of thiazole rings is 2. The highest BCUT2D eigenvalue weighted by Crippen LogP contribution is 2.39. The Kier molecular flexibility index (Phi) is 5.03. The van der Waals surface area contributed by atoms with Crippen molar-refractivity contribution >= 4 is 39.3 Å². The molecule has 0 aromatic carbocycles. The van der Waals surface area contributed by atoms with E-state index in [0.29, 0.717) is 5.01 Å². The van der Waals surface area contributed by atoms with Crippen LogP contribution in [0.3, 0.4) is 0 Å². The highest BCUT2D eigenvalue weighted by atomic mass is 32.1. The van der Waals surface area contributed by atoms with E-state index in [0.717, 1.165) is 68.9 Å². The van der Waals surface area contributed by atoms with Crippen LogP contribution in [0.2, 0.25) is 0 Å². The summed E-state index contributed by atoms with van der Waals surface area (Å²) in [7, 11) is 0. The lowest BCUT2D eigenvalue weighted by atomic mass is 9.97. The van der Waals surface area contributed by atoms with Crippen molar-refractivity contribution in [1.82, 2.24) is 15.3 Å². The predicted molar refractivity (Wildman–Crippen MR) is 115 cm³/mol. The van der Waals surface area contributed by atoms with E-state index in [1.807, 2.05) is 11.6 Å². The molecule has 1 amide bonds. The van der Waals surface area contributed by atoms with Gasteiger partial charge in [-0.05, 0) is 50.5 Å². The number of fused-ring (bicyclic) bond motifs is 2. The standard InChI is InChI=1S/C21H24N4OS2/c26-19(23-15-6-2-1-3-7-15)20-24-17-8-4-5-14-9-11-25(21-22-10-12-27-21)13-16(14)18(17)28-20/h1-2,10,12,15H,3-9,11,13H2,(H,23,26). The smallest absolute Gasteiger partial charge is 0.280 e. The van der Waals surface area contributed by atoms with Gasteiger partial charge in [-0.25, -0.2) is 9.97 Å². The summed E-state index contributed by atoms with van der Waals surface area (Å²) >= 11 is 3.28. The van der Waals surface area contributed by atoms with Crippen molar-refractivity contribution in [1.29, 1.82) is 0 Å². The fourth-order valence-electron chi connectivity index (χ4n) is 4.34. The molecular formula is C21H24N4OS2. The fraction of sp³-hybridized carbons (Fsp3) is 0.476. The molecule has 0 saturated carbocycles. The number of aryl methyl sites for hydroxylation is 1. The molecule has 5 nitrogen and oxygen atoms in total. The van der Waals surface area contributed by atoms with Gasteiger partial charge in [-0.2, -0.15) is 0 Å². The second-order valence-electron chi connectivity index (χ2n) is 7.67. The average molecular weight is 413 g/mol. The van der Waals surface area contributed by atoms with Gasteiger partial charge in [-0.1, -0.05) is 17.7 Å². The van der Waals surface area contributed by atoms with Crippen LogP contribution in [0.25, 0.3) is 5.57 Å². The van der Waals surface area contributed by atoms with E-state index in [1.54, 1.807) is 28.2 Å². The largest absolute Gasteiger partial charge is 0.347 e. The number of carbonyl (C=O) groups is 1. The van der Waals surface area contributed by atoms with Crippen molar-refractivity contribution in [2.24, 2.45) is 0 Å². The number of amides is 1. The Bertz CT molecular complexity index is 928. The third-order valence-corrected chi connectivity index (χ3v) is 7.80. The van der Waals surface area contributed by atoms with Crippen molar-refractivity contribution in [3.8, 4) is 0 Å². The molecule has 3 aliphatic rings. The maximum Gasteiger partial charge on any atom is 0.280 e. The summed E-state index contributed by atoms with van der Waals surface area (Å²) in [6.45, 7) is 1.91. The lowest BCUT2D eigenvalue weighted by Crippen LogP contribution is -2.35. The van der Waals surface area contributed by atoms with Gasteiger partial charge in [-0.3, -0.25) is 4.79 Å². The molecule has 0 fully saturated rings. The quantitative estimate of drug-likeness (QED) is 0.758. The molecule has 0 spiro atoms. The van der Waals surface area contributed by atoms with Crippen LogP contribution in [-0.2, 0) is 6.42 Å². The molecule has 1 aliphatic heterocycles. The molecule has 2 aliphatic carbocycles. The summed E-state index contributed by atoms with van der Waals surface area (Å²) in [5.41, 5.74) is 4.07. The molecule has 1 unspecified atom stereocenters. The van der Waals surface area contributed by atoms with Gasteiger partial charge in [0.25, 0.3) is 5.91 Å². The summed E-state index contributed by atoms with van der Waals surface area (Å²) in [4.78, 5) is 25.7. The van der Waals surface area contributed by atoms with Crippen LogP contribution >= 0.6 is 22.7 Å². The third-order valence-electron chi connectivity index (χ3n) is 5.81. The summed E-state index contributed by atoms with van der Waals surface area (Å²) in [6.07, 6.45) is 13.6. The third kappa shape index (κ3) is 3.53. The van der Waals surface area contributed by atoms with Crippen LogP contribution in [0, 0.1) is 0 Å². The van der Waals surface area contributed by atoms with Crippen LogP contribution in [0.1, 0.15) is 58.9 Å². The Balaban J connectivity index is 1.40. The van der Waals surface area contributed by atoms with Crippen LogP contribution < -0.4 is 10.2 Å². The maximum atomic E-state index is 12.8. The van der Waals surface area contributed by atoms with Gasteiger partial charge in [0.15, 0.2) is 10.1 Å². The Morgan fingerprint density at radius 3 is 3.04 bits per heavy atom. The number of nitrogens with zero attached hydrogens (tertiary/aromatic N) is 3. The van der Waals surface area contributed by atoms with Crippen LogP contribution in [0.5, 0.6) is 0 Å². The molecule has 28 heavy (non-hydrogen) atoms. The molecule has 2 aromatic rings. The number of nitrogens with one attached hydrogen (secondary N) is 1. The van der Waals surface area contributed by atoms with Gasteiger partial charge < -0.3 is 10.2 Å². The maximum absolute atomic E-state index is 12.8. The number of rotatable bonds is 3. The zero-order valence-electron chi connectivity index (χ0n) is 15.8. The van der Waals surface area contributed by atoms with Crippen molar-refractivity contribution in [2.75, 3.05) is 18.0 Å². The number of allylic oxidation sites excluding steroid dienone is 1. The summed E-state index contributed by atoms with van der Waals surface area (Å²) in [5.74, 6) is -0.00638. The predicted octanol–water partition coefficient (Wildman–Crippen LogP) is 4.44. The Labute approximate surface area is 173 Å². The van der Waals surface area contributed by atoms with Gasteiger partial charge in [0, 0.05) is 30.7 Å². The van der Waals surface area contributed by atoms with E-state index in [9.17, 15) is 4.79 Å². The first kappa shape index (κ1) is 18.1. The molecule has 146 valence electrons. The molecule has 5 rings (SSSR count). The number of carbonyl (C=O) groups excluding carboxylic acids is 1. The summed E-state index contributed by atoms with van der Waals surface area (Å²) in [6, 6.07) is 0.242. The highest BCUT2D eigenvalue weighted by molar-refractivity contribution is 7.15. The second kappa shape index (κ2) is 7.79. The minimum Gasteiger partial charge on any atom is -0.347 e. The second-order valence-corrected chi connectivity index (χ2v) is 9.54. The van der Waals surface area contributed by atoms with Gasteiger partial charge in [0.05, 0.1) is 10.6 Å². The molecule has 7 heteroatoms. The number of anilines is 1. The highest BCUT2D eigenvalue weighted by Gasteiger charge is 2.29. The number of hydrogen-bond donors (Lipinski definition) is 1. The Morgan fingerprint density at radius 2 is 2.21 bits per heavy atom. The van der Waals surface area contributed by atoms with E-state index in [1.165, 1.54) is 10.5 Å². The number of aromatic nitrogens is 2. The molecule has 1 atom stereocenters. The Morgan fingerprint density at radius 1 is 1.25 bits per heavy atom. The molecule has 0 bridgehead atoms. The van der Waals surface area contributed by atoms with Crippen molar-refractivity contribution < 1.29 is 4.79 Å². The van der Waals surface area contributed by atoms with E-state index >= 15 is 0 Å². The summed E-state index contributed by atoms with van der Waals surface area (Å²) in [5, 5.41) is 6.93. The Hall–Kier alpha value is -1.99. The van der Waals surface area contributed by atoms with Crippen LogP contribution in [0.15, 0.2) is 29.3 Å². The first-order valence-corrected chi connectivity index (χ1v) is 11.8. The normalized spacial score (nSPS) is 21.9. The van der Waals surface area contributed by atoms with Crippen molar-refractivity contribution in [2.45, 2.75) is 51.0 Å². The number of hydrogen-bond acceptors (Lipinski definition) is 6. The first-order valence-electron chi connectivity index (χ1n) is 10.1. The molecular weight excluding hydrogens is 388 g/mol. The zero-order valence-corrected chi connectivity index (χ0v) is 17.5. The fourth-order valence-corrected chi connectivity index (χ4v) is 6.11. The monoisotopic (exact) mass is 412 g/mol. The lowest BCUT2D eigenvalue weighted by molar-refractivity contribution is 0.0934. The van der Waals surface area contributed by atoms with Gasteiger partial charge in [0.1, 0.15) is 0 Å². The van der Waals surface area contributed by atoms with E-state index in [4.69, 9.17) is 4.98 Å². The molecule has 1 N–H and O–H groups in total. The van der Waals surface area contributed by atoms with Crippen LogP contribution in [-0.4, -0.2) is 35.0 Å². The average Bonchev–Trinajstić information content (AvgIpc) is 3.37. The minimum absolute atomic E-state index is 0.00638. The summed E-state index contributed by atoms with van der Waals surface area (Å²) < 4.78 is 0.